The number of hydrogen-bond donors (Lipinski definition) is 1. The molecule has 1 aromatic heterocycles. The number of nitrogens with one attached hydrogen (secondary N) is 1. The van der Waals surface area contributed by atoms with Gasteiger partial charge in [-0.1, -0.05) is 30.3 Å². The minimum Gasteiger partial charge on any atom is -0.497 e. The average molecular weight is 368 g/mol. The molecule has 3 rings (SSSR count). The highest BCUT2D eigenvalue weighted by molar-refractivity contribution is 7.13. The van der Waals surface area contributed by atoms with E-state index >= 15 is 0 Å². The minimum atomic E-state index is -0.255. The van der Waals surface area contributed by atoms with Crippen molar-refractivity contribution in [2.45, 2.75) is 13.0 Å². The zero-order valence-corrected chi connectivity index (χ0v) is 15.7. The first kappa shape index (κ1) is 17.9. The topological polar surface area (TPSA) is 60.5 Å². The molecule has 134 valence electrons. The van der Waals surface area contributed by atoms with Gasteiger partial charge in [-0.3, -0.25) is 4.79 Å². The second-order valence-corrected chi connectivity index (χ2v) is 6.57. The number of ether oxygens (including phenoxy) is 2. The largest absolute Gasteiger partial charge is 0.497 e. The van der Waals surface area contributed by atoms with Crippen LogP contribution in [-0.4, -0.2) is 25.1 Å². The number of hydrogen-bond acceptors (Lipinski definition) is 5. The average Bonchev–Trinajstić information content (AvgIpc) is 3.18. The predicted molar refractivity (Wildman–Crippen MR) is 103 cm³/mol. The van der Waals surface area contributed by atoms with Crippen molar-refractivity contribution in [2.24, 2.45) is 0 Å². The van der Waals surface area contributed by atoms with Crippen LogP contribution in [0.15, 0.2) is 53.9 Å². The van der Waals surface area contributed by atoms with Crippen LogP contribution in [0.1, 0.15) is 29.0 Å². The highest BCUT2D eigenvalue weighted by atomic mass is 32.1. The van der Waals surface area contributed by atoms with Crippen LogP contribution in [-0.2, 0) is 0 Å². The Balaban J connectivity index is 1.77. The lowest BCUT2D eigenvalue weighted by molar-refractivity contribution is 0.0935. The van der Waals surface area contributed by atoms with Crippen LogP contribution in [0.2, 0.25) is 0 Å². The van der Waals surface area contributed by atoms with E-state index in [9.17, 15) is 4.79 Å². The minimum absolute atomic E-state index is 0.221. The van der Waals surface area contributed by atoms with Gasteiger partial charge in [0.05, 0.1) is 20.3 Å². The first-order chi connectivity index (χ1) is 12.6. The molecule has 0 radical (unpaired) electrons. The Morgan fingerprint density at radius 2 is 1.88 bits per heavy atom. The molecule has 0 fully saturated rings. The summed E-state index contributed by atoms with van der Waals surface area (Å²) in [5.41, 5.74) is 2.25. The van der Waals surface area contributed by atoms with Crippen molar-refractivity contribution in [3.8, 4) is 22.1 Å². The van der Waals surface area contributed by atoms with Gasteiger partial charge < -0.3 is 14.8 Å². The van der Waals surface area contributed by atoms with Gasteiger partial charge in [-0.25, -0.2) is 4.98 Å². The van der Waals surface area contributed by atoms with Crippen molar-refractivity contribution < 1.29 is 14.3 Å². The molecular formula is C20H20N2O3S. The summed E-state index contributed by atoms with van der Waals surface area (Å²) >= 11 is 1.45. The third kappa shape index (κ3) is 3.86. The molecule has 1 heterocycles. The van der Waals surface area contributed by atoms with E-state index in [1.807, 2.05) is 55.5 Å². The van der Waals surface area contributed by atoms with Crippen LogP contribution >= 0.6 is 11.3 Å². The summed E-state index contributed by atoms with van der Waals surface area (Å²) in [6.07, 6.45) is 0. The van der Waals surface area contributed by atoms with Gasteiger partial charge in [-0.05, 0) is 25.1 Å². The number of benzene rings is 2. The fourth-order valence-electron chi connectivity index (χ4n) is 2.62. The third-order valence-electron chi connectivity index (χ3n) is 4.01. The Hall–Kier alpha value is -2.86. The molecule has 2 aromatic carbocycles. The molecule has 0 aliphatic rings. The van der Waals surface area contributed by atoms with E-state index in [-0.39, 0.29) is 11.9 Å². The molecule has 1 unspecified atom stereocenters. The summed E-state index contributed by atoms with van der Waals surface area (Å²) in [6, 6.07) is 15.1. The molecule has 0 aliphatic heterocycles. The zero-order valence-electron chi connectivity index (χ0n) is 14.9. The van der Waals surface area contributed by atoms with Crippen molar-refractivity contribution in [1.29, 1.82) is 0 Å². The van der Waals surface area contributed by atoms with E-state index in [2.05, 4.69) is 10.3 Å². The molecule has 26 heavy (non-hydrogen) atoms. The Labute approximate surface area is 156 Å². The predicted octanol–water partition coefficient (Wildman–Crippen LogP) is 4.32. The van der Waals surface area contributed by atoms with Crippen LogP contribution in [0.4, 0.5) is 0 Å². The second-order valence-electron chi connectivity index (χ2n) is 5.71. The fraction of sp³-hybridized carbons (Fsp3) is 0.200. The summed E-state index contributed by atoms with van der Waals surface area (Å²) in [6.45, 7) is 1.90. The molecule has 0 spiro atoms. The lowest BCUT2D eigenvalue weighted by Crippen LogP contribution is -2.27. The van der Waals surface area contributed by atoms with E-state index in [0.29, 0.717) is 17.2 Å². The van der Waals surface area contributed by atoms with E-state index in [4.69, 9.17) is 9.47 Å². The van der Waals surface area contributed by atoms with Crippen LogP contribution in [0.3, 0.4) is 0 Å². The number of rotatable bonds is 6. The van der Waals surface area contributed by atoms with E-state index < -0.39 is 0 Å². The summed E-state index contributed by atoms with van der Waals surface area (Å²) in [4.78, 5) is 17.0. The maximum Gasteiger partial charge on any atom is 0.271 e. The summed E-state index contributed by atoms with van der Waals surface area (Å²) in [5, 5.41) is 5.57. The highest BCUT2D eigenvalue weighted by Crippen LogP contribution is 2.30. The molecule has 1 atom stereocenters. The number of nitrogens with zero attached hydrogens (tertiary/aromatic N) is 1. The molecule has 5 nitrogen and oxygen atoms in total. The van der Waals surface area contributed by atoms with Crippen LogP contribution in [0.5, 0.6) is 11.5 Å². The number of carbonyl (C=O) groups is 1. The molecule has 3 aromatic rings. The molecule has 0 bridgehead atoms. The third-order valence-corrected chi connectivity index (χ3v) is 4.90. The summed E-state index contributed by atoms with van der Waals surface area (Å²) in [5.74, 6) is 1.18. The van der Waals surface area contributed by atoms with Crippen LogP contribution < -0.4 is 14.8 Å². The lowest BCUT2D eigenvalue weighted by atomic mass is 10.1. The zero-order chi connectivity index (χ0) is 18.5. The van der Waals surface area contributed by atoms with Crippen LogP contribution in [0, 0.1) is 0 Å². The number of carbonyl (C=O) groups excluding carboxylic acids is 1. The first-order valence-corrected chi connectivity index (χ1v) is 9.04. The normalized spacial score (nSPS) is 11.7. The first-order valence-electron chi connectivity index (χ1n) is 8.16. The van der Waals surface area contributed by atoms with Crippen molar-refractivity contribution in [3.63, 3.8) is 0 Å². The van der Waals surface area contributed by atoms with E-state index in [1.54, 1.807) is 19.6 Å². The Kier molecular flexibility index (Phi) is 5.53. The standard InChI is InChI=1S/C20H20N2O3S/c1-13(16-11-15(24-2)9-10-18(16)25-3)21-19(23)17-12-26-20(22-17)14-7-5-4-6-8-14/h4-13H,1-3H3,(H,21,23). The smallest absolute Gasteiger partial charge is 0.271 e. The van der Waals surface area contributed by atoms with Crippen molar-refractivity contribution in [2.75, 3.05) is 14.2 Å². The van der Waals surface area contributed by atoms with Gasteiger partial charge in [0, 0.05) is 16.5 Å². The SMILES string of the molecule is COc1ccc(OC)c(C(C)NC(=O)c2csc(-c3ccccc3)n2)c1. The molecule has 0 saturated heterocycles. The van der Waals surface area contributed by atoms with Crippen LogP contribution in [0.25, 0.3) is 10.6 Å². The molecule has 0 saturated carbocycles. The molecule has 0 aliphatic carbocycles. The van der Waals surface area contributed by atoms with E-state index in [0.717, 1.165) is 16.1 Å². The Bertz CT molecular complexity index is 893. The maximum absolute atomic E-state index is 12.6. The van der Waals surface area contributed by atoms with Gasteiger partial charge in [0.2, 0.25) is 0 Å². The van der Waals surface area contributed by atoms with Gasteiger partial charge in [-0.2, -0.15) is 0 Å². The van der Waals surface area contributed by atoms with Crippen molar-refractivity contribution >= 4 is 17.2 Å². The van der Waals surface area contributed by atoms with Crippen molar-refractivity contribution in [3.05, 3.63) is 65.2 Å². The van der Waals surface area contributed by atoms with Crippen molar-refractivity contribution in [1.82, 2.24) is 10.3 Å². The van der Waals surface area contributed by atoms with E-state index in [1.165, 1.54) is 11.3 Å². The molecule has 1 N–H and O–H groups in total. The van der Waals surface area contributed by atoms with Gasteiger partial charge in [0.15, 0.2) is 0 Å². The molecular weight excluding hydrogens is 348 g/mol. The van der Waals surface area contributed by atoms with Gasteiger partial charge in [0.25, 0.3) is 5.91 Å². The summed E-state index contributed by atoms with van der Waals surface area (Å²) < 4.78 is 10.7. The highest BCUT2D eigenvalue weighted by Gasteiger charge is 2.18. The maximum atomic E-state index is 12.6. The van der Waals surface area contributed by atoms with Gasteiger partial charge in [0.1, 0.15) is 22.2 Å². The Morgan fingerprint density at radius 1 is 1.12 bits per heavy atom. The number of amides is 1. The number of aromatic nitrogens is 1. The molecule has 6 heteroatoms. The summed E-state index contributed by atoms with van der Waals surface area (Å²) in [7, 11) is 3.21. The fourth-order valence-corrected chi connectivity index (χ4v) is 3.42. The second kappa shape index (κ2) is 8.01. The number of thiazole rings is 1. The number of methoxy groups -OCH3 is 2. The Morgan fingerprint density at radius 3 is 2.58 bits per heavy atom. The molecule has 1 amide bonds. The lowest BCUT2D eigenvalue weighted by Gasteiger charge is -2.17. The monoisotopic (exact) mass is 368 g/mol. The van der Waals surface area contributed by atoms with Gasteiger partial charge >= 0.3 is 0 Å². The van der Waals surface area contributed by atoms with Gasteiger partial charge in [-0.15, -0.1) is 11.3 Å². The quantitative estimate of drug-likeness (QED) is 0.704.